The first kappa shape index (κ1) is 16.5. The van der Waals surface area contributed by atoms with Crippen molar-refractivity contribution < 1.29 is 4.39 Å². The third-order valence-corrected chi connectivity index (χ3v) is 4.03. The van der Waals surface area contributed by atoms with Crippen LogP contribution in [0.15, 0.2) is 18.2 Å². The van der Waals surface area contributed by atoms with Gasteiger partial charge in [-0.25, -0.2) is 4.39 Å². The highest BCUT2D eigenvalue weighted by Crippen LogP contribution is 2.22. The topological polar surface area (TPSA) is 26.0 Å². The van der Waals surface area contributed by atoms with E-state index in [0.717, 1.165) is 18.4 Å². The Morgan fingerprint density at radius 1 is 1.32 bits per heavy atom. The lowest BCUT2D eigenvalue weighted by molar-refractivity contribution is 0.383. The lowest BCUT2D eigenvalue weighted by atomic mass is 9.90. The minimum Gasteiger partial charge on any atom is -0.327 e. The van der Waals surface area contributed by atoms with Crippen LogP contribution in [-0.2, 0) is 6.42 Å². The molecule has 108 valence electrons. The highest BCUT2D eigenvalue weighted by Gasteiger charge is 2.13. The van der Waals surface area contributed by atoms with Gasteiger partial charge in [0.2, 0.25) is 0 Å². The molecule has 0 saturated heterocycles. The Morgan fingerprint density at radius 3 is 2.63 bits per heavy atom. The predicted octanol–water partition coefficient (Wildman–Crippen LogP) is 4.96. The maximum Gasteiger partial charge on any atom is 0.124 e. The van der Waals surface area contributed by atoms with Gasteiger partial charge in [0.05, 0.1) is 0 Å². The van der Waals surface area contributed by atoms with Gasteiger partial charge in [-0.1, -0.05) is 57.2 Å². The molecule has 3 heteroatoms. The predicted molar refractivity (Wildman–Crippen MR) is 81.0 cm³/mol. The van der Waals surface area contributed by atoms with Crippen molar-refractivity contribution in [2.24, 2.45) is 11.7 Å². The smallest absolute Gasteiger partial charge is 0.124 e. The van der Waals surface area contributed by atoms with Crippen LogP contribution in [0, 0.1) is 11.7 Å². The van der Waals surface area contributed by atoms with Gasteiger partial charge in [-0.05, 0) is 36.5 Å². The molecule has 2 unspecified atom stereocenters. The molecule has 0 aliphatic carbocycles. The molecule has 0 aromatic heterocycles. The van der Waals surface area contributed by atoms with Crippen LogP contribution in [0.2, 0.25) is 5.02 Å². The molecule has 1 rings (SSSR count). The molecule has 1 aromatic carbocycles. The second kappa shape index (κ2) is 8.55. The fourth-order valence-corrected chi connectivity index (χ4v) is 2.71. The Balaban J connectivity index is 2.51. The van der Waals surface area contributed by atoms with Crippen LogP contribution in [0.4, 0.5) is 4.39 Å². The van der Waals surface area contributed by atoms with E-state index in [1.54, 1.807) is 6.07 Å². The first-order chi connectivity index (χ1) is 9.06. The van der Waals surface area contributed by atoms with E-state index in [1.807, 2.05) is 0 Å². The molecule has 0 heterocycles. The molecule has 0 radical (unpaired) electrons. The van der Waals surface area contributed by atoms with E-state index in [1.165, 1.54) is 37.8 Å². The molecule has 0 bridgehead atoms. The van der Waals surface area contributed by atoms with Crippen LogP contribution >= 0.6 is 11.6 Å². The lowest BCUT2D eigenvalue weighted by Gasteiger charge is -2.20. The van der Waals surface area contributed by atoms with Gasteiger partial charge in [-0.15, -0.1) is 0 Å². The number of hydrogen-bond donors (Lipinski definition) is 1. The van der Waals surface area contributed by atoms with Crippen LogP contribution in [0.5, 0.6) is 0 Å². The summed E-state index contributed by atoms with van der Waals surface area (Å²) < 4.78 is 13.0. The van der Waals surface area contributed by atoms with E-state index < -0.39 is 0 Å². The Hall–Kier alpha value is -0.600. The quantitative estimate of drug-likeness (QED) is 0.718. The Kier molecular flexibility index (Phi) is 7.40. The largest absolute Gasteiger partial charge is 0.327 e. The highest BCUT2D eigenvalue weighted by molar-refractivity contribution is 6.31. The third kappa shape index (κ3) is 5.92. The van der Waals surface area contributed by atoms with Crippen molar-refractivity contribution in [2.45, 2.75) is 58.4 Å². The van der Waals surface area contributed by atoms with Gasteiger partial charge in [-0.2, -0.15) is 0 Å². The summed E-state index contributed by atoms with van der Waals surface area (Å²) >= 11 is 6.03. The molecule has 2 atom stereocenters. The van der Waals surface area contributed by atoms with E-state index in [0.29, 0.717) is 10.9 Å². The Bertz CT molecular complexity index is 381. The molecular formula is C16H25ClFN. The van der Waals surface area contributed by atoms with Crippen molar-refractivity contribution in [2.75, 3.05) is 0 Å². The zero-order valence-electron chi connectivity index (χ0n) is 12.0. The van der Waals surface area contributed by atoms with Crippen molar-refractivity contribution in [3.05, 3.63) is 34.6 Å². The van der Waals surface area contributed by atoms with Crippen LogP contribution in [0.1, 0.15) is 51.5 Å². The fraction of sp³-hybridized carbons (Fsp3) is 0.625. The fourth-order valence-electron chi connectivity index (χ4n) is 2.46. The molecule has 2 N–H and O–H groups in total. The van der Waals surface area contributed by atoms with Crippen LogP contribution in [0.25, 0.3) is 0 Å². The van der Waals surface area contributed by atoms with E-state index in [4.69, 9.17) is 17.3 Å². The first-order valence-electron chi connectivity index (χ1n) is 7.26. The molecule has 1 nitrogen and oxygen atoms in total. The van der Waals surface area contributed by atoms with E-state index in [2.05, 4.69) is 13.8 Å². The maximum absolute atomic E-state index is 13.0. The Morgan fingerprint density at radius 2 is 2.05 bits per heavy atom. The Labute approximate surface area is 121 Å². The van der Waals surface area contributed by atoms with Crippen molar-refractivity contribution in [1.82, 2.24) is 0 Å². The van der Waals surface area contributed by atoms with Crippen LogP contribution in [0.3, 0.4) is 0 Å². The summed E-state index contributed by atoms with van der Waals surface area (Å²) in [5, 5.41) is 0.483. The lowest BCUT2D eigenvalue weighted by Crippen LogP contribution is -2.26. The molecule has 0 fully saturated rings. The van der Waals surface area contributed by atoms with Gasteiger partial charge >= 0.3 is 0 Å². The normalized spacial score (nSPS) is 14.4. The minimum atomic E-state index is -0.295. The van der Waals surface area contributed by atoms with E-state index in [9.17, 15) is 4.39 Å². The molecule has 0 aliphatic rings. The van der Waals surface area contributed by atoms with E-state index in [-0.39, 0.29) is 11.9 Å². The molecule has 1 aromatic rings. The first-order valence-corrected chi connectivity index (χ1v) is 7.64. The van der Waals surface area contributed by atoms with Gasteiger partial charge in [0.1, 0.15) is 5.82 Å². The second-order valence-electron chi connectivity index (χ2n) is 5.35. The monoisotopic (exact) mass is 285 g/mol. The van der Waals surface area contributed by atoms with Gasteiger partial charge in [0.15, 0.2) is 0 Å². The highest BCUT2D eigenvalue weighted by atomic mass is 35.5. The van der Waals surface area contributed by atoms with Gasteiger partial charge in [0.25, 0.3) is 0 Å². The van der Waals surface area contributed by atoms with Crippen molar-refractivity contribution >= 4 is 11.6 Å². The minimum absolute atomic E-state index is 0.102. The van der Waals surface area contributed by atoms with Crippen LogP contribution < -0.4 is 5.73 Å². The summed E-state index contributed by atoms with van der Waals surface area (Å²) in [6, 6.07) is 4.65. The van der Waals surface area contributed by atoms with Crippen molar-refractivity contribution in [1.29, 1.82) is 0 Å². The number of halogens is 2. The number of benzene rings is 1. The standard InChI is InChI=1S/C16H25ClFN/c1-3-5-6-12(4-2)9-15(19)10-13-7-8-14(18)11-16(13)17/h7-8,11-12,15H,3-6,9-10,19H2,1-2H3. The zero-order valence-corrected chi connectivity index (χ0v) is 12.7. The average molecular weight is 286 g/mol. The summed E-state index contributed by atoms with van der Waals surface area (Å²) in [5.41, 5.74) is 7.15. The van der Waals surface area contributed by atoms with Gasteiger partial charge in [-0.3, -0.25) is 0 Å². The molecule has 0 spiro atoms. The average Bonchev–Trinajstić information content (AvgIpc) is 2.38. The van der Waals surface area contributed by atoms with Gasteiger partial charge < -0.3 is 5.73 Å². The number of nitrogens with two attached hydrogens (primary N) is 1. The molecule has 0 saturated carbocycles. The summed E-state index contributed by atoms with van der Waals surface area (Å²) in [5.74, 6) is 0.394. The molecular weight excluding hydrogens is 261 g/mol. The summed E-state index contributed by atoms with van der Waals surface area (Å²) in [6.07, 6.45) is 6.66. The van der Waals surface area contributed by atoms with E-state index >= 15 is 0 Å². The SMILES string of the molecule is CCCCC(CC)CC(N)Cc1ccc(F)cc1Cl. The third-order valence-electron chi connectivity index (χ3n) is 3.68. The van der Waals surface area contributed by atoms with Crippen molar-refractivity contribution in [3.8, 4) is 0 Å². The second-order valence-corrected chi connectivity index (χ2v) is 5.76. The number of hydrogen-bond acceptors (Lipinski definition) is 1. The summed E-state index contributed by atoms with van der Waals surface area (Å²) in [4.78, 5) is 0. The summed E-state index contributed by atoms with van der Waals surface area (Å²) in [6.45, 7) is 4.43. The number of rotatable bonds is 8. The molecule has 19 heavy (non-hydrogen) atoms. The molecule has 0 aliphatic heterocycles. The maximum atomic E-state index is 13.0. The van der Waals surface area contributed by atoms with Gasteiger partial charge in [0, 0.05) is 11.1 Å². The molecule has 0 amide bonds. The summed E-state index contributed by atoms with van der Waals surface area (Å²) in [7, 11) is 0. The zero-order chi connectivity index (χ0) is 14.3. The van der Waals surface area contributed by atoms with Crippen molar-refractivity contribution in [3.63, 3.8) is 0 Å². The van der Waals surface area contributed by atoms with Crippen LogP contribution in [-0.4, -0.2) is 6.04 Å². The number of unbranched alkanes of at least 4 members (excludes halogenated alkanes) is 1.